The summed E-state index contributed by atoms with van der Waals surface area (Å²) >= 11 is 0. The van der Waals surface area contributed by atoms with Gasteiger partial charge in [0.1, 0.15) is 11.6 Å². The first kappa shape index (κ1) is 15.6. The fourth-order valence-corrected chi connectivity index (χ4v) is 2.98. The van der Waals surface area contributed by atoms with Crippen LogP contribution in [0, 0.1) is 0 Å². The number of benzene rings is 1. The Labute approximate surface area is 125 Å². The first-order valence-corrected chi connectivity index (χ1v) is 7.34. The number of carbonyl (C=O) groups excluding carboxylic acids is 1. The molecule has 1 fully saturated rings. The summed E-state index contributed by atoms with van der Waals surface area (Å²) in [4.78, 5) is 11.9. The van der Waals surface area contributed by atoms with Crippen LogP contribution in [-0.2, 0) is 4.79 Å². The molecule has 1 aromatic rings. The van der Waals surface area contributed by atoms with Crippen molar-refractivity contribution < 1.29 is 14.3 Å². The predicted octanol–water partition coefficient (Wildman–Crippen LogP) is 1.85. The molecular weight excluding hydrogens is 268 g/mol. The number of nitrogens with two attached hydrogens (primary N) is 1. The Morgan fingerprint density at radius 2 is 2.05 bits per heavy atom. The van der Waals surface area contributed by atoms with Crippen molar-refractivity contribution in [3.63, 3.8) is 0 Å². The van der Waals surface area contributed by atoms with Gasteiger partial charge in [0.25, 0.3) is 0 Å². The van der Waals surface area contributed by atoms with Crippen molar-refractivity contribution in [3.05, 3.63) is 24.3 Å². The monoisotopic (exact) mass is 292 g/mol. The van der Waals surface area contributed by atoms with Crippen molar-refractivity contribution in [2.24, 2.45) is 5.73 Å². The number of amides is 1. The van der Waals surface area contributed by atoms with Gasteiger partial charge in [0.2, 0.25) is 5.91 Å². The summed E-state index contributed by atoms with van der Waals surface area (Å²) in [6.07, 6.45) is 2.03. The summed E-state index contributed by atoms with van der Waals surface area (Å²) in [6, 6.07) is 7.73. The summed E-state index contributed by atoms with van der Waals surface area (Å²) in [5, 5.41) is 3.31. The summed E-state index contributed by atoms with van der Waals surface area (Å²) in [6.45, 7) is 4.03. The van der Waals surface area contributed by atoms with Gasteiger partial charge in [-0.2, -0.15) is 0 Å². The molecule has 21 heavy (non-hydrogen) atoms. The lowest BCUT2D eigenvalue weighted by Crippen LogP contribution is -2.56. The molecule has 0 spiro atoms. The molecule has 3 N–H and O–H groups in total. The van der Waals surface area contributed by atoms with Gasteiger partial charge in [0.15, 0.2) is 11.5 Å². The highest BCUT2D eigenvalue weighted by atomic mass is 16.5. The zero-order valence-electron chi connectivity index (χ0n) is 12.9. The maximum atomic E-state index is 11.9. The van der Waals surface area contributed by atoms with E-state index in [-0.39, 0.29) is 18.1 Å². The van der Waals surface area contributed by atoms with Crippen molar-refractivity contribution >= 4 is 5.91 Å². The van der Waals surface area contributed by atoms with Crippen LogP contribution in [0.25, 0.3) is 0 Å². The van der Waals surface area contributed by atoms with Gasteiger partial charge in [-0.3, -0.25) is 4.79 Å². The number of rotatable bonds is 6. The Morgan fingerprint density at radius 1 is 1.38 bits per heavy atom. The Bertz CT molecular complexity index is 504. The van der Waals surface area contributed by atoms with Gasteiger partial charge < -0.3 is 20.5 Å². The molecule has 1 saturated carbocycles. The van der Waals surface area contributed by atoms with E-state index < -0.39 is 5.54 Å². The number of ether oxygens (including phenoxy) is 2. The van der Waals surface area contributed by atoms with Crippen LogP contribution in [0.1, 0.15) is 33.1 Å². The Balaban J connectivity index is 2.09. The topological polar surface area (TPSA) is 73.6 Å². The SMILES string of the molecule is COc1ccccc1OC1CCC(NC(C)C)(C(N)=O)C1. The molecule has 0 heterocycles. The number of hydrogen-bond acceptors (Lipinski definition) is 4. The average Bonchev–Trinajstić information content (AvgIpc) is 2.83. The van der Waals surface area contributed by atoms with Crippen molar-refractivity contribution in [1.82, 2.24) is 5.32 Å². The second kappa shape index (κ2) is 6.35. The van der Waals surface area contributed by atoms with E-state index in [1.165, 1.54) is 0 Å². The van der Waals surface area contributed by atoms with Crippen molar-refractivity contribution in [2.45, 2.75) is 50.8 Å². The van der Waals surface area contributed by atoms with Crippen LogP contribution in [0.4, 0.5) is 0 Å². The van der Waals surface area contributed by atoms with Gasteiger partial charge in [-0.15, -0.1) is 0 Å². The van der Waals surface area contributed by atoms with Gasteiger partial charge in [0, 0.05) is 12.5 Å². The molecule has 1 amide bonds. The number of hydrogen-bond donors (Lipinski definition) is 2. The maximum Gasteiger partial charge on any atom is 0.237 e. The van der Waals surface area contributed by atoms with E-state index in [2.05, 4.69) is 5.32 Å². The van der Waals surface area contributed by atoms with E-state index in [1.807, 2.05) is 38.1 Å². The number of para-hydroxylation sites is 2. The molecule has 5 heteroatoms. The molecule has 0 aromatic heterocycles. The molecule has 1 aromatic carbocycles. The lowest BCUT2D eigenvalue weighted by Gasteiger charge is -2.29. The third kappa shape index (κ3) is 3.47. The van der Waals surface area contributed by atoms with Crippen LogP contribution >= 0.6 is 0 Å². The minimum atomic E-state index is -0.666. The van der Waals surface area contributed by atoms with Crippen molar-refractivity contribution in [3.8, 4) is 11.5 Å². The fourth-order valence-electron chi connectivity index (χ4n) is 2.98. The highest BCUT2D eigenvalue weighted by molar-refractivity contribution is 5.85. The van der Waals surface area contributed by atoms with Crippen LogP contribution in [0.2, 0.25) is 0 Å². The van der Waals surface area contributed by atoms with Gasteiger partial charge in [-0.25, -0.2) is 0 Å². The highest BCUT2D eigenvalue weighted by Gasteiger charge is 2.45. The molecule has 0 aliphatic heterocycles. The van der Waals surface area contributed by atoms with Crippen LogP contribution in [0.3, 0.4) is 0 Å². The molecule has 1 aliphatic rings. The molecule has 1 aliphatic carbocycles. The normalized spacial score (nSPS) is 25.0. The number of carbonyl (C=O) groups is 1. The maximum absolute atomic E-state index is 11.9. The summed E-state index contributed by atoms with van der Waals surface area (Å²) < 4.78 is 11.3. The quantitative estimate of drug-likeness (QED) is 0.839. The van der Waals surface area contributed by atoms with Gasteiger partial charge in [0.05, 0.1) is 7.11 Å². The zero-order valence-corrected chi connectivity index (χ0v) is 12.9. The van der Waals surface area contributed by atoms with Crippen LogP contribution < -0.4 is 20.5 Å². The second-order valence-corrected chi connectivity index (χ2v) is 5.88. The molecule has 0 radical (unpaired) electrons. The summed E-state index contributed by atoms with van der Waals surface area (Å²) in [7, 11) is 1.62. The molecule has 2 atom stereocenters. The van der Waals surface area contributed by atoms with E-state index in [0.29, 0.717) is 24.3 Å². The first-order chi connectivity index (χ1) is 9.97. The molecule has 2 rings (SSSR count). The highest BCUT2D eigenvalue weighted by Crippen LogP contribution is 2.35. The first-order valence-electron chi connectivity index (χ1n) is 7.34. The number of primary amides is 1. The van der Waals surface area contributed by atoms with Gasteiger partial charge >= 0.3 is 0 Å². The fraction of sp³-hybridized carbons (Fsp3) is 0.562. The second-order valence-electron chi connectivity index (χ2n) is 5.88. The van der Waals surface area contributed by atoms with Crippen LogP contribution in [0.15, 0.2) is 24.3 Å². The third-order valence-electron chi connectivity index (χ3n) is 3.87. The lowest BCUT2D eigenvalue weighted by molar-refractivity contribution is -0.124. The summed E-state index contributed by atoms with van der Waals surface area (Å²) in [5.74, 6) is 1.10. The smallest absolute Gasteiger partial charge is 0.237 e. The van der Waals surface area contributed by atoms with Crippen LogP contribution in [0.5, 0.6) is 11.5 Å². The summed E-state index contributed by atoms with van der Waals surface area (Å²) in [5.41, 5.74) is 4.95. The Hall–Kier alpha value is -1.75. The van der Waals surface area contributed by atoms with E-state index in [4.69, 9.17) is 15.2 Å². The zero-order chi connectivity index (χ0) is 15.5. The van der Waals surface area contributed by atoms with E-state index in [0.717, 1.165) is 6.42 Å². The molecule has 0 saturated heterocycles. The largest absolute Gasteiger partial charge is 0.493 e. The van der Waals surface area contributed by atoms with E-state index in [1.54, 1.807) is 7.11 Å². The van der Waals surface area contributed by atoms with Gasteiger partial charge in [-0.1, -0.05) is 12.1 Å². The minimum absolute atomic E-state index is 0.0416. The molecule has 116 valence electrons. The average molecular weight is 292 g/mol. The molecular formula is C16H24N2O3. The van der Waals surface area contributed by atoms with E-state index >= 15 is 0 Å². The lowest BCUT2D eigenvalue weighted by atomic mass is 9.95. The van der Waals surface area contributed by atoms with Crippen molar-refractivity contribution in [2.75, 3.05) is 7.11 Å². The molecule has 2 unspecified atom stereocenters. The van der Waals surface area contributed by atoms with Crippen LogP contribution in [-0.4, -0.2) is 30.7 Å². The predicted molar refractivity (Wildman–Crippen MR) is 81.5 cm³/mol. The third-order valence-corrected chi connectivity index (χ3v) is 3.87. The number of nitrogens with one attached hydrogen (secondary N) is 1. The standard InChI is InChI=1S/C16H24N2O3/c1-11(2)18-16(15(17)19)9-8-12(10-16)21-14-7-5-4-6-13(14)20-3/h4-7,11-12,18H,8-10H2,1-3H3,(H2,17,19). The molecule has 0 bridgehead atoms. The Kier molecular flexibility index (Phi) is 4.73. The van der Waals surface area contributed by atoms with Crippen molar-refractivity contribution in [1.29, 1.82) is 0 Å². The van der Waals surface area contributed by atoms with Gasteiger partial charge in [-0.05, 0) is 38.8 Å². The Morgan fingerprint density at radius 3 is 2.62 bits per heavy atom. The number of methoxy groups -OCH3 is 1. The van der Waals surface area contributed by atoms with E-state index in [9.17, 15) is 4.79 Å². The minimum Gasteiger partial charge on any atom is -0.493 e. The molecule has 5 nitrogen and oxygen atoms in total.